The van der Waals surface area contributed by atoms with Crippen LogP contribution in [0.3, 0.4) is 0 Å². The summed E-state index contributed by atoms with van der Waals surface area (Å²) in [6.07, 6.45) is 4.09. The lowest BCUT2D eigenvalue weighted by molar-refractivity contribution is 1.08. The third kappa shape index (κ3) is 2.72. The number of rotatable bonds is 4. The molecule has 1 N–H and O–H groups in total. The van der Waals surface area contributed by atoms with Crippen molar-refractivity contribution in [2.75, 3.05) is 5.75 Å². The van der Waals surface area contributed by atoms with Crippen LogP contribution in [0.2, 0.25) is 5.02 Å². The van der Waals surface area contributed by atoms with Gasteiger partial charge in [0.15, 0.2) is 5.65 Å². The largest absolute Gasteiger partial charge is 0.341 e. The van der Waals surface area contributed by atoms with Gasteiger partial charge >= 0.3 is 0 Å². The highest BCUT2D eigenvalue weighted by atomic mass is 35.5. The Hall–Kier alpha value is -1.59. The van der Waals surface area contributed by atoms with E-state index in [1.54, 1.807) is 24.4 Å². The van der Waals surface area contributed by atoms with E-state index >= 15 is 0 Å². The maximum atomic E-state index is 6.13. The van der Waals surface area contributed by atoms with E-state index in [-0.39, 0.29) is 0 Å². The summed E-state index contributed by atoms with van der Waals surface area (Å²) in [5.41, 5.74) is 2.76. The van der Waals surface area contributed by atoms with Crippen molar-refractivity contribution in [3.05, 3.63) is 47.5 Å². The first-order chi connectivity index (χ1) is 9.34. The highest BCUT2D eigenvalue weighted by molar-refractivity contribution is 7.99. The lowest BCUT2D eigenvalue weighted by Crippen LogP contribution is -1.92. The molecule has 1 aromatic carbocycles. The summed E-state index contributed by atoms with van der Waals surface area (Å²) < 4.78 is 0. The van der Waals surface area contributed by atoms with Gasteiger partial charge in [0.2, 0.25) is 0 Å². The van der Waals surface area contributed by atoms with Crippen molar-refractivity contribution in [1.29, 1.82) is 0 Å². The van der Waals surface area contributed by atoms with Crippen LogP contribution in [0.25, 0.3) is 11.2 Å². The van der Waals surface area contributed by atoms with Gasteiger partial charge in [0.1, 0.15) is 16.9 Å². The Morgan fingerprint density at radius 1 is 1.16 bits per heavy atom. The van der Waals surface area contributed by atoms with Crippen LogP contribution in [0.1, 0.15) is 5.56 Å². The Labute approximate surface area is 119 Å². The van der Waals surface area contributed by atoms with E-state index in [9.17, 15) is 0 Å². The van der Waals surface area contributed by atoms with E-state index in [2.05, 4.69) is 26.0 Å². The second-order valence-corrected chi connectivity index (χ2v) is 5.46. The SMILES string of the molecule is Clc1ccccc1CCSc1ncnc2nc[nH]c12. The molecule has 0 fully saturated rings. The number of benzene rings is 1. The molecule has 3 aromatic rings. The van der Waals surface area contributed by atoms with Crippen LogP contribution in [-0.2, 0) is 6.42 Å². The quantitative estimate of drug-likeness (QED) is 0.591. The van der Waals surface area contributed by atoms with E-state index in [1.165, 1.54) is 0 Å². The van der Waals surface area contributed by atoms with Gasteiger partial charge in [-0.25, -0.2) is 15.0 Å². The van der Waals surface area contributed by atoms with Crippen LogP contribution in [-0.4, -0.2) is 25.7 Å². The van der Waals surface area contributed by atoms with Gasteiger partial charge in [0, 0.05) is 10.8 Å². The van der Waals surface area contributed by atoms with Crippen molar-refractivity contribution in [2.45, 2.75) is 11.4 Å². The molecule has 0 bridgehead atoms. The molecule has 19 heavy (non-hydrogen) atoms. The minimum atomic E-state index is 0.704. The molecule has 0 aliphatic rings. The Balaban J connectivity index is 1.70. The molecule has 96 valence electrons. The molecule has 0 atom stereocenters. The monoisotopic (exact) mass is 290 g/mol. The summed E-state index contributed by atoms with van der Waals surface area (Å²) in [6, 6.07) is 7.91. The van der Waals surface area contributed by atoms with Gasteiger partial charge in [-0.2, -0.15) is 0 Å². The molecule has 0 aliphatic carbocycles. The number of imidazole rings is 1. The summed E-state index contributed by atoms with van der Waals surface area (Å²) in [5, 5.41) is 1.74. The van der Waals surface area contributed by atoms with Crippen LogP contribution < -0.4 is 0 Å². The average Bonchev–Trinajstić information content (AvgIpc) is 2.90. The molecule has 0 saturated heterocycles. The standard InChI is InChI=1S/C13H11ClN4S/c14-10-4-2-1-3-9(10)5-6-19-13-11-12(16-7-15-11)17-8-18-13/h1-4,7-8H,5-6H2,(H,15,16,17,18). The molecule has 0 unspecified atom stereocenters. The minimum absolute atomic E-state index is 0.704. The van der Waals surface area contributed by atoms with Crippen molar-refractivity contribution >= 4 is 34.5 Å². The number of hydrogen-bond acceptors (Lipinski definition) is 4. The summed E-state index contributed by atoms with van der Waals surface area (Å²) in [6.45, 7) is 0. The smallest absolute Gasteiger partial charge is 0.181 e. The fourth-order valence-corrected chi connectivity index (χ4v) is 2.97. The first-order valence-electron chi connectivity index (χ1n) is 5.85. The van der Waals surface area contributed by atoms with Crippen molar-refractivity contribution in [3.63, 3.8) is 0 Å². The second-order valence-electron chi connectivity index (χ2n) is 3.97. The number of thioether (sulfide) groups is 1. The molecule has 6 heteroatoms. The Bertz CT molecular complexity index is 698. The van der Waals surface area contributed by atoms with E-state index in [4.69, 9.17) is 11.6 Å². The van der Waals surface area contributed by atoms with Crippen molar-refractivity contribution < 1.29 is 0 Å². The summed E-state index contributed by atoms with van der Waals surface area (Å²) in [4.78, 5) is 15.6. The van der Waals surface area contributed by atoms with Crippen molar-refractivity contribution in [3.8, 4) is 0 Å². The fourth-order valence-electron chi connectivity index (χ4n) is 1.81. The topological polar surface area (TPSA) is 54.5 Å². The molecule has 0 spiro atoms. The number of aromatic amines is 1. The lowest BCUT2D eigenvalue weighted by atomic mass is 10.2. The Morgan fingerprint density at radius 3 is 2.95 bits per heavy atom. The first kappa shape index (κ1) is 12.4. The molecule has 2 aromatic heterocycles. The zero-order valence-corrected chi connectivity index (χ0v) is 11.6. The average molecular weight is 291 g/mol. The van der Waals surface area contributed by atoms with Gasteiger partial charge in [0.25, 0.3) is 0 Å². The van der Waals surface area contributed by atoms with Gasteiger partial charge in [-0.3, -0.25) is 0 Å². The van der Waals surface area contributed by atoms with Gasteiger partial charge in [-0.1, -0.05) is 29.8 Å². The van der Waals surface area contributed by atoms with Crippen LogP contribution in [0.5, 0.6) is 0 Å². The van der Waals surface area contributed by atoms with Gasteiger partial charge in [0.05, 0.1) is 6.33 Å². The van der Waals surface area contributed by atoms with Crippen molar-refractivity contribution in [1.82, 2.24) is 19.9 Å². The molecule has 0 radical (unpaired) electrons. The first-order valence-corrected chi connectivity index (χ1v) is 7.21. The van der Waals surface area contributed by atoms with Gasteiger partial charge in [-0.15, -0.1) is 11.8 Å². The number of H-pyrrole nitrogens is 1. The van der Waals surface area contributed by atoms with Crippen molar-refractivity contribution in [2.24, 2.45) is 0 Å². The van der Waals surface area contributed by atoms with Crippen LogP contribution >= 0.6 is 23.4 Å². The predicted molar refractivity (Wildman–Crippen MR) is 77.6 cm³/mol. The Morgan fingerprint density at radius 2 is 2.05 bits per heavy atom. The molecule has 4 nitrogen and oxygen atoms in total. The third-order valence-corrected chi connectivity index (χ3v) is 4.12. The number of fused-ring (bicyclic) bond motifs is 1. The number of halogens is 1. The normalized spacial score (nSPS) is 11.0. The van der Waals surface area contributed by atoms with E-state index < -0.39 is 0 Å². The number of aryl methyl sites for hydroxylation is 1. The number of hydrogen-bond donors (Lipinski definition) is 1. The minimum Gasteiger partial charge on any atom is -0.341 e. The predicted octanol–water partition coefficient (Wildman–Crippen LogP) is 3.34. The molecular weight excluding hydrogens is 280 g/mol. The maximum Gasteiger partial charge on any atom is 0.181 e. The number of aromatic nitrogens is 4. The Kier molecular flexibility index (Phi) is 3.66. The molecular formula is C13H11ClN4S. The van der Waals surface area contributed by atoms with E-state index in [0.717, 1.165) is 33.3 Å². The molecule has 0 amide bonds. The molecule has 0 saturated carbocycles. The lowest BCUT2D eigenvalue weighted by Gasteiger charge is -2.04. The van der Waals surface area contributed by atoms with E-state index in [1.807, 2.05) is 18.2 Å². The molecule has 2 heterocycles. The number of nitrogens with zero attached hydrogens (tertiary/aromatic N) is 3. The summed E-state index contributed by atoms with van der Waals surface area (Å²) in [7, 11) is 0. The highest BCUT2D eigenvalue weighted by Gasteiger charge is 2.06. The maximum absolute atomic E-state index is 6.13. The summed E-state index contributed by atoms with van der Waals surface area (Å²) in [5.74, 6) is 0.912. The van der Waals surface area contributed by atoms with Crippen LogP contribution in [0.4, 0.5) is 0 Å². The third-order valence-electron chi connectivity index (χ3n) is 2.76. The van der Waals surface area contributed by atoms with Crippen LogP contribution in [0, 0.1) is 0 Å². The van der Waals surface area contributed by atoms with Gasteiger partial charge in [-0.05, 0) is 18.1 Å². The molecule has 3 rings (SSSR count). The summed E-state index contributed by atoms with van der Waals surface area (Å²) >= 11 is 7.81. The number of nitrogens with one attached hydrogen (secondary N) is 1. The van der Waals surface area contributed by atoms with E-state index in [0.29, 0.717) is 5.65 Å². The zero-order valence-electron chi connectivity index (χ0n) is 10.0. The highest BCUT2D eigenvalue weighted by Crippen LogP contribution is 2.24. The second kappa shape index (κ2) is 5.59. The van der Waals surface area contributed by atoms with Crippen LogP contribution in [0.15, 0.2) is 41.9 Å². The molecule has 0 aliphatic heterocycles. The fraction of sp³-hybridized carbons (Fsp3) is 0.154. The zero-order chi connectivity index (χ0) is 13.1. The van der Waals surface area contributed by atoms with Gasteiger partial charge < -0.3 is 4.98 Å².